The number of aliphatic carboxylic acids is 2. The van der Waals surface area contributed by atoms with Crippen LogP contribution in [-0.2, 0) is 9.59 Å². The topological polar surface area (TPSA) is 167 Å². The summed E-state index contributed by atoms with van der Waals surface area (Å²) < 4.78 is 10.1. The van der Waals surface area contributed by atoms with Crippen molar-refractivity contribution in [3.8, 4) is 11.5 Å². The van der Waals surface area contributed by atoms with Crippen molar-refractivity contribution >= 4 is 23.9 Å². The summed E-state index contributed by atoms with van der Waals surface area (Å²) in [5, 5.41) is 20.5. The molecule has 3 amide bonds. The number of nitrogens with one attached hydrogen (secondary N) is 3. The van der Waals surface area contributed by atoms with Gasteiger partial charge < -0.3 is 29.9 Å². The van der Waals surface area contributed by atoms with E-state index in [1.54, 1.807) is 0 Å². The molecular weight excluding hydrogens is 376 g/mol. The number of urea groups is 1. The average Bonchev–Trinajstić information content (AvgIpc) is 2.69. The number of benzene rings is 1. The molecule has 1 heterocycles. The third-order valence-corrected chi connectivity index (χ3v) is 3.60. The molecule has 5 N–H and O–H groups in total. The molecule has 1 aromatic carbocycles. The molecule has 0 radical (unpaired) electrons. The first kappa shape index (κ1) is 20.8. The second-order valence-electron chi connectivity index (χ2n) is 5.65. The summed E-state index contributed by atoms with van der Waals surface area (Å²) in [5.74, 6) is -3.33. The lowest BCUT2D eigenvalue weighted by atomic mass is 10.2. The average molecular weight is 396 g/mol. The third kappa shape index (κ3) is 6.32. The predicted octanol–water partition coefficient (Wildman–Crippen LogP) is -1.13. The molecule has 1 fully saturated rings. The van der Waals surface area contributed by atoms with Crippen LogP contribution in [0.15, 0.2) is 18.2 Å². The van der Waals surface area contributed by atoms with E-state index in [1.807, 2.05) is 0 Å². The molecule has 12 nitrogen and oxygen atoms in total. The van der Waals surface area contributed by atoms with Crippen LogP contribution in [0.3, 0.4) is 0 Å². The molecule has 0 aliphatic carbocycles. The maximum absolute atomic E-state index is 12.2. The number of carboxylic acids is 2. The Bertz CT molecular complexity index is 748. The number of carboxylic acid groups (broad SMARTS) is 2. The van der Waals surface area contributed by atoms with Crippen molar-refractivity contribution in [1.29, 1.82) is 0 Å². The summed E-state index contributed by atoms with van der Waals surface area (Å²) in [6.07, 6.45) is 0. The minimum atomic E-state index is -1.26. The fourth-order valence-corrected chi connectivity index (χ4v) is 2.29. The molecule has 0 saturated carbocycles. The zero-order valence-electron chi connectivity index (χ0n) is 14.8. The van der Waals surface area contributed by atoms with Crippen molar-refractivity contribution in [2.75, 3.05) is 39.4 Å². The van der Waals surface area contributed by atoms with Gasteiger partial charge in [-0.3, -0.25) is 10.2 Å². The number of amides is 3. The fraction of sp³-hybridized carbons (Fsp3) is 0.375. The van der Waals surface area contributed by atoms with Crippen LogP contribution in [0, 0.1) is 0 Å². The number of hydrogen-bond acceptors (Lipinski definition) is 7. The van der Waals surface area contributed by atoms with Crippen LogP contribution in [0.25, 0.3) is 0 Å². The SMILES string of the molecule is O=C(O)COc1ccc(C(=O)NNC(=O)N2CCNCC2)cc1OCC(=O)O. The van der Waals surface area contributed by atoms with Gasteiger partial charge in [0, 0.05) is 31.7 Å². The van der Waals surface area contributed by atoms with Crippen LogP contribution in [0.1, 0.15) is 10.4 Å². The maximum atomic E-state index is 12.2. The van der Waals surface area contributed by atoms with Crippen molar-refractivity contribution in [3.63, 3.8) is 0 Å². The van der Waals surface area contributed by atoms with E-state index in [9.17, 15) is 19.2 Å². The van der Waals surface area contributed by atoms with Crippen molar-refractivity contribution in [1.82, 2.24) is 21.1 Å². The molecule has 1 aliphatic rings. The Morgan fingerprint density at radius 3 is 2.18 bits per heavy atom. The molecule has 2 rings (SSSR count). The second-order valence-corrected chi connectivity index (χ2v) is 5.65. The Hall–Kier alpha value is -3.54. The number of piperazine rings is 1. The predicted molar refractivity (Wildman–Crippen MR) is 93.1 cm³/mol. The van der Waals surface area contributed by atoms with E-state index in [-0.39, 0.29) is 17.1 Å². The van der Waals surface area contributed by atoms with Crippen LogP contribution in [-0.4, -0.2) is 78.4 Å². The van der Waals surface area contributed by atoms with Crippen molar-refractivity contribution < 1.29 is 38.9 Å². The molecule has 1 saturated heterocycles. The number of nitrogens with zero attached hydrogens (tertiary/aromatic N) is 1. The molecule has 152 valence electrons. The highest BCUT2D eigenvalue weighted by atomic mass is 16.5. The normalized spacial score (nSPS) is 13.4. The second kappa shape index (κ2) is 9.97. The highest BCUT2D eigenvalue weighted by Crippen LogP contribution is 2.28. The summed E-state index contributed by atoms with van der Waals surface area (Å²) in [5.41, 5.74) is 4.59. The third-order valence-electron chi connectivity index (χ3n) is 3.60. The molecule has 1 aliphatic heterocycles. The van der Waals surface area contributed by atoms with Crippen LogP contribution < -0.4 is 25.6 Å². The minimum absolute atomic E-state index is 0.0370. The first-order chi connectivity index (χ1) is 13.4. The van der Waals surface area contributed by atoms with Gasteiger partial charge in [-0.25, -0.2) is 19.8 Å². The van der Waals surface area contributed by atoms with E-state index < -0.39 is 37.1 Å². The fourth-order valence-electron chi connectivity index (χ4n) is 2.29. The Balaban J connectivity index is 2.02. The quantitative estimate of drug-likeness (QED) is 0.358. The monoisotopic (exact) mass is 396 g/mol. The van der Waals surface area contributed by atoms with Crippen molar-refractivity contribution in [2.24, 2.45) is 0 Å². The molecule has 12 heteroatoms. The molecule has 0 atom stereocenters. The highest BCUT2D eigenvalue weighted by Gasteiger charge is 2.18. The lowest BCUT2D eigenvalue weighted by molar-refractivity contribution is -0.140. The Morgan fingerprint density at radius 2 is 1.57 bits per heavy atom. The van der Waals surface area contributed by atoms with Crippen LogP contribution in [0.4, 0.5) is 4.79 Å². The summed E-state index contributed by atoms with van der Waals surface area (Å²) in [6, 6.07) is 3.31. The van der Waals surface area contributed by atoms with Gasteiger partial charge in [0.1, 0.15) is 0 Å². The van der Waals surface area contributed by atoms with Gasteiger partial charge in [0.2, 0.25) is 0 Å². The van der Waals surface area contributed by atoms with Gasteiger partial charge in [-0.1, -0.05) is 0 Å². The zero-order chi connectivity index (χ0) is 20.5. The van der Waals surface area contributed by atoms with Gasteiger partial charge in [0.15, 0.2) is 24.7 Å². The molecule has 0 bridgehead atoms. The number of hydrazine groups is 1. The summed E-state index contributed by atoms with van der Waals surface area (Å²) in [7, 11) is 0. The first-order valence-corrected chi connectivity index (χ1v) is 8.26. The van der Waals surface area contributed by atoms with Gasteiger partial charge in [-0.05, 0) is 18.2 Å². The molecule has 0 aromatic heterocycles. The van der Waals surface area contributed by atoms with Gasteiger partial charge in [-0.15, -0.1) is 0 Å². The van der Waals surface area contributed by atoms with Crippen LogP contribution in [0.5, 0.6) is 11.5 Å². The largest absolute Gasteiger partial charge is 0.479 e. The first-order valence-electron chi connectivity index (χ1n) is 8.26. The van der Waals surface area contributed by atoms with E-state index in [0.717, 1.165) is 0 Å². The summed E-state index contributed by atoms with van der Waals surface area (Å²) in [6.45, 7) is 0.936. The van der Waals surface area contributed by atoms with E-state index in [2.05, 4.69) is 16.2 Å². The Morgan fingerprint density at radius 1 is 0.964 bits per heavy atom. The van der Waals surface area contributed by atoms with Crippen LogP contribution >= 0.6 is 0 Å². The number of hydrogen-bond donors (Lipinski definition) is 5. The molecule has 28 heavy (non-hydrogen) atoms. The summed E-state index contributed by atoms with van der Waals surface area (Å²) in [4.78, 5) is 47.1. The Labute approximate surface area is 159 Å². The molecule has 1 aromatic rings. The smallest absolute Gasteiger partial charge is 0.341 e. The lowest BCUT2D eigenvalue weighted by Crippen LogP contribution is -2.54. The van der Waals surface area contributed by atoms with E-state index in [1.165, 1.54) is 23.1 Å². The van der Waals surface area contributed by atoms with Gasteiger partial charge >= 0.3 is 18.0 Å². The van der Waals surface area contributed by atoms with Crippen molar-refractivity contribution in [2.45, 2.75) is 0 Å². The van der Waals surface area contributed by atoms with Gasteiger partial charge in [0.25, 0.3) is 5.91 Å². The number of carbonyl (C=O) groups excluding carboxylic acids is 2. The van der Waals surface area contributed by atoms with E-state index in [4.69, 9.17) is 19.7 Å². The number of carbonyl (C=O) groups is 4. The molecular formula is C16H20N4O8. The maximum Gasteiger partial charge on any atom is 0.341 e. The molecule has 0 spiro atoms. The zero-order valence-corrected chi connectivity index (χ0v) is 14.8. The Kier molecular flexibility index (Phi) is 7.39. The number of rotatable bonds is 7. The summed E-state index contributed by atoms with van der Waals surface area (Å²) >= 11 is 0. The van der Waals surface area contributed by atoms with Gasteiger partial charge in [-0.2, -0.15) is 0 Å². The minimum Gasteiger partial charge on any atom is -0.479 e. The lowest BCUT2D eigenvalue weighted by Gasteiger charge is -2.27. The highest BCUT2D eigenvalue weighted by molar-refractivity contribution is 5.96. The van der Waals surface area contributed by atoms with Gasteiger partial charge in [0.05, 0.1) is 0 Å². The molecule has 0 unspecified atom stereocenters. The van der Waals surface area contributed by atoms with Crippen LogP contribution in [0.2, 0.25) is 0 Å². The van der Waals surface area contributed by atoms with Crippen molar-refractivity contribution in [3.05, 3.63) is 23.8 Å². The standard InChI is InChI=1S/C16H20N4O8/c21-13(22)8-27-11-2-1-10(7-12(11)28-9-14(23)24)15(25)18-19-16(26)20-5-3-17-4-6-20/h1-2,7,17H,3-6,8-9H2,(H,18,25)(H,19,26)(H,21,22)(H,23,24). The van der Waals surface area contributed by atoms with E-state index >= 15 is 0 Å². The van der Waals surface area contributed by atoms with E-state index in [0.29, 0.717) is 26.2 Å². The number of ether oxygens (including phenoxy) is 2.